The highest BCUT2D eigenvalue weighted by molar-refractivity contribution is 6.09. The van der Waals surface area contributed by atoms with E-state index in [1.807, 2.05) is 31.2 Å². The van der Waals surface area contributed by atoms with Crippen molar-refractivity contribution in [1.82, 2.24) is 4.98 Å². The predicted octanol–water partition coefficient (Wildman–Crippen LogP) is 3.24. The van der Waals surface area contributed by atoms with Gasteiger partial charge in [-0.05, 0) is 30.7 Å². The van der Waals surface area contributed by atoms with E-state index in [2.05, 4.69) is 4.98 Å². The molecular formula is C15H14N2O2. The van der Waals surface area contributed by atoms with Crippen LogP contribution in [-0.4, -0.2) is 17.4 Å². The number of hydrogen-bond donors (Lipinski definition) is 0. The van der Waals surface area contributed by atoms with Crippen LogP contribution in [-0.2, 0) is 0 Å². The van der Waals surface area contributed by atoms with Crippen molar-refractivity contribution in [2.24, 2.45) is 0 Å². The van der Waals surface area contributed by atoms with Crippen LogP contribution >= 0.6 is 0 Å². The van der Waals surface area contributed by atoms with Crippen molar-refractivity contribution in [3.63, 3.8) is 0 Å². The fourth-order valence-electron chi connectivity index (χ4n) is 2.21. The first-order chi connectivity index (χ1) is 9.31. The van der Waals surface area contributed by atoms with Crippen LogP contribution in [0.2, 0.25) is 0 Å². The number of para-hydroxylation sites is 2. The molecule has 0 aliphatic carbocycles. The van der Waals surface area contributed by atoms with Gasteiger partial charge in [0.2, 0.25) is 5.88 Å². The maximum atomic E-state index is 12.6. The van der Waals surface area contributed by atoms with E-state index in [9.17, 15) is 4.79 Å². The molecule has 1 aliphatic rings. The van der Waals surface area contributed by atoms with Gasteiger partial charge in [-0.3, -0.25) is 4.79 Å². The molecule has 2 heterocycles. The lowest BCUT2D eigenvalue weighted by molar-refractivity contribution is 0.0986. The molecule has 96 valence electrons. The highest BCUT2D eigenvalue weighted by atomic mass is 16.5. The van der Waals surface area contributed by atoms with Gasteiger partial charge >= 0.3 is 0 Å². The number of pyridine rings is 1. The molecule has 1 aromatic heterocycles. The lowest BCUT2D eigenvalue weighted by Crippen LogP contribution is -2.30. The number of aromatic nitrogens is 1. The first kappa shape index (κ1) is 11.7. The summed E-state index contributed by atoms with van der Waals surface area (Å²) in [6, 6.07) is 11.0. The second-order valence-corrected chi connectivity index (χ2v) is 4.38. The summed E-state index contributed by atoms with van der Waals surface area (Å²) in [5, 5.41) is 0. The summed E-state index contributed by atoms with van der Waals surface area (Å²) in [4.78, 5) is 18.5. The molecule has 3 rings (SSSR count). The predicted molar refractivity (Wildman–Crippen MR) is 72.7 cm³/mol. The Kier molecular flexibility index (Phi) is 2.91. The van der Waals surface area contributed by atoms with E-state index >= 15 is 0 Å². The molecule has 0 atom stereocenters. The molecule has 4 heteroatoms. The van der Waals surface area contributed by atoms with Gasteiger partial charge in [0.1, 0.15) is 5.56 Å². The summed E-state index contributed by atoms with van der Waals surface area (Å²) in [5.74, 6) is 0.982. The van der Waals surface area contributed by atoms with E-state index < -0.39 is 0 Å². The van der Waals surface area contributed by atoms with Gasteiger partial charge in [-0.15, -0.1) is 0 Å². The molecule has 0 bridgehead atoms. The Morgan fingerprint density at radius 1 is 1.21 bits per heavy atom. The van der Waals surface area contributed by atoms with Crippen molar-refractivity contribution in [2.45, 2.75) is 13.3 Å². The zero-order valence-electron chi connectivity index (χ0n) is 10.7. The average Bonchev–Trinajstić information content (AvgIpc) is 2.56. The van der Waals surface area contributed by atoms with E-state index in [1.165, 1.54) is 0 Å². The largest absolute Gasteiger partial charge is 0.436 e. The van der Waals surface area contributed by atoms with Crippen molar-refractivity contribution in [3.05, 3.63) is 48.2 Å². The normalized spacial score (nSPS) is 13.3. The van der Waals surface area contributed by atoms with Gasteiger partial charge in [0, 0.05) is 12.7 Å². The Hall–Kier alpha value is -2.36. The third-order valence-electron chi connectivity index (χ3n) is 3.06. The SMILES string of the molecule is CCCN1C(=O)c2cccnc2Oc2ccccc21. The van der Waals surface area contributed by atoms with Gasteiger partial charge in [0.15, 0.2) is 5.75 Å². The van der Waals surface area contributed by atoms with Gasteiger partial charge in [-0.25, -0.2) is 4.98 Å². The fraction of sp³-hybridized carbons (Fsp3) is 0.200. The molecule has 0 unspecified atom stereocenters. The highest BCUT2D eigenvalue weighted by Crippen LogP contribution is 2.37. The van der Waals surface area contributed by atoms with Crippen LogP contribution in [0, 0.1) is 0 Å². The minimum Gasteiger partial charge on any atom is -0.436 e. The summed E-state index contributed by atoms with van der Waals surface area (Å²) in [7, 11) is 0. The Labute approximate surface area is 111 Å². The minimum atomic E-state index is -0.0603. The lowest BCUT2D eigenvalue weighted by atomic mass is 10.2. The fourth-order valence-corrected chi connectivity index (χ4v) is 2.21. The first-order valence-corrected chi connectivity index (χ1v) is 6.35. The number of hydrogen-bond acceptors (Lipinski definition) is 3. The second-order valence-electron chi connectivity index (χ2n) is 4.38. The number of carbonyl (C=O) groups excluding carboxylic acids is 1. The number of anilines is 1. The van der Waals surface area contributed by atoms with Crippen LogP contribution in [0.1, 0.15) is 23.7 Å². The number of fused-ring (bicyclic) bond motifs is 2. The van der Waals surface area contributed by atoms with Gasteiger partial charge in [0.05, 0.1) is 5.69 Å². The van der Waals surface area contributed by atoms with Crippen LogP contribution in [0.5, 0.6) is 11.6 Å². The van der Waals surface area contributed by atoms with E-state index in [0.717, 1.165) is 12.1 Å². The molecule has 19 heavy (non-hydrogen) atoms. The number of benzene rings is 1. The zero-order chi connectivity index (χ0) is 13.2. The molecule has 0 radical (unpaired) electrons. The van der Waals surface area contributed by atoms with Crippen molar-refractivity contribution in [2.75, 3.05) is 11.4 Å². The zero-order valence-corrected chi connectivity index (χ0v) is 10.7. The molecule has 1 aliphatic heterocycles. The molecule has 1 aromatic carbocycles. The molecule has 1 amide bonds. The summed E-state index contributed by atoms with van der Waals surface area (Å²) in [6.45, 7) is 2.71. The van der Waals surface area contributed by atoms with Crippen LogP contribution < -0.4 is 9.64 Å². The number of nitrogens with zero attached hydrogens (tertiary/aromatic N) is 2. The monoisotopic (exact) mass is 254 g/mol. The minimum absolute atomic E-state index is 0.0603. The average molecular weight is 254 g/mol. The van der Waals surface area contributed by atoms with Crippen LogP contribution in [0.25, 0.3) is 0 Å². The molecule has 4 nitrogen and oxygen atoms in total. The highest BCUT2D eigenvalue weighted by Gasteiger charge is 2.27. The van der Waals surface area contributed by atoms with Crippen LogP contribution in [0.4, 0.5) is 5.69 Å². The summed E-state index contributed by atoms with van der Waals surface area (Å²) < 4.78 is 5.78. The maximum Gasteiger partial charge on any atom is 0.263 e. The van der Waals surface area contributed by atoms with E-state index in [0.29, 0.717) is 23.7 Å². The van der Waals surface area contributed by atoms with Gasteiger partial charge in [0.25, 0.3) is 5.91 Å². The van der Waals surface area contributed by atoms with Gasteiger partial charge < -0.3 is 9.64 Å². The number of carbonyl (C=O) groups is 1. The molecule has 0 fully saturated rings. The van der Waals surface area contributed by atoms with E-state index in [1.54, 1.807) is 23.2 Å². The van der Waals surface area contributed by atoms with E-state index in [-0.39, 0.29) is 5.91 Å². The topological polar surface area (TPSA) is 42.4 Å². The summed E-state index contributed by atoms with van der Waals surface area (Å²) in [5.41, 5.74) is 1.31. The lowest BCUT2D eigenvalue weighted by Gasteiger charge is -2.20. The van der Waals surface area contributed by atoms with Crippen LogP contribution in [0.3, 0.4) is 0 Å². The van der Waals surface area contributed by atoms with E-state index in [4.69, 9.17) is 4.74 Å². The molecule has 0 spiro atoms. The second kappa shape index (κ2) is 4.72. The number of ether oxygens (including phenoxy) is 1. The molecule has 0 N–H and O–H groups in total. The van der Waals surface area contributed by atoms with Gasteiger partial charge in [-0.2, -0.15) is 0 Å². The Bertz CT molecular complexity index is 625. The maximum absolute atomic E-state index is 12.6. The summed E-state index contributed by atoms with van der Waals surface area (Å²) >= 11 is 0. The summed E-state index contributed by atoms with van der Waals surface area (Å²) in [6.07, 6.45) is 2.51. The number of amides is 1. The molecule has 2 aromatic rings. The molecular weight excluding hydrogens is 240 g/mol. The van der Waals surface area contributed by atoms with Crippen LogP contribution in [0.15, 0.2) is 42.6 Å². The standard InChI is InChI=1S/C15H14N2O2/c1-2-10-17-12-7-3-4-8-13(12)19-14-11(15(17)18)6-5-9-16-14/h3-9H,2,10H2,1H3. The third kappa shape index (κ3) is 1.95. The van der Waals surface area contributed by atoms with Crippen molar-refractivity contribution in [3.8, 4) is 11.6 Å². The molecule has 0 saturated heterocycles. The quantitative estimate of drug-likeness (QED) is 0.826. The van der Waals surface area contributed by atoms with Gasteiger partial charge in [-0.1, -0.05) is 19.1 Å². The number of rotatable bonds is 2. The first-order valence-electron chi connectivity index (χ1n) is 6.35. The Morgan fingerprint density at radius 3 is 2.89 bits per heavy atom. The van der Waals surface area contributed by atoms with Crippen molar-refractivity contribution < 1.29 is 9.53 Å². The Balaban J connectivity index is 2.18. The molecule has 0 saturated carbocycles. The smallest absolute Gasteiger partial charge is 0.263 e. The van der Waals surface area contributed by atoms with Crippen molar-refractivity contribution in [1.29, 1.82) is 0 Å². The Morgan fingerprint density at radius 2 is 2.05 bits per heavy atom. The van der Waals surface area contributed by atoms with Crippen molar-refractivity contribution >= 4 is 11.6 Å². The third-order valence-corrected chi connectivity index (χ3v) is 3.06.